The van der Waals surface area contributed by atoms with Crippen LogP contribution in [-0.4, -0.2) is 61.8 Å². The summed E-state index contributed by atoms with van der Waals surface area (Å²) in [6.45, 7) is 8.71. The number of rotatable bonds is 10. The maximum Gasteiger partial charge on any atom is 0.191 e. The molecule has 2 N–H and O–H groups in total. The van der Waals surface area contributed by atoms with Crippen LogP contribution in [0.5, 0.6) is 0 Å². The molecule has 0 aromatic carbocycles. The van der Waals surface area contributed by atoms with Crippen molar-refractivity contribution < 1.29 is 9.47 Å². The molecule has 136 valence electrons. The van der Waals surface area contributed by atoms with E-state index < -0.39 is 0 Å². The highest BCUT2D eigenvalue weighted by Crippen LogP contribution is 2.14. The van der Waals surface area contributed by atoms with Crippen LogP contribution < -0.4 is 10.6 Å². The lowest BCUT2D eigenvalue weighted by Gasteiger charge is -2.21. The monoisotopic (exact) mass is 337 g/mol. The van der Waals surface area contributed by atoms with Crippen molar-refractivity contribution in [3.8, 4) is 0 Å². The molecule has 0 amide bonds. The van der Waals surface area contributed by atoms with E-state index in [1.807, 2.05) is 16.9 Å². The van der Waals surface area contributed by atoms with Crippen molar-refractivity contribution in [2.45, 2.75) is 32.7 Å². The summed E-state index contributed by atoms with van der Waals surface area (Å²) in [6, 6.07) is 1.93. The molecule has 1 aliphatic heterocycles. The normalized spacial score (nSPS) is 16.3. The van der Waals surface area contributed by atoms with Crippen molar-refractivity contribution in [3.05, 3.63) is 18.5 Å². The van der Waals surface area contributed by atoms with Crippen LogP contribution in [0.15, 0.2) is 23.5 Å². The second kappa shape index (κ2) is 11.9. The molecule has 2 heterocycles. The minimum Gasteiger partial charge on any atom is -0.381 e. The number of aromatic nitrogens is 2. The van der Waals surface area contributed by atoms with Crippen molar-refractivity contribution in [3.63, 3.8) is 0 Å². The lowest BCUT2D eigenvalue weighted by molar-refractivity contribution is 0.0205. The predicted molar refractivity (Wildman–Crippen MR) is 95.2 cm³/mol. The average Bonchev–Trinajstić information content (AvgIpc) is 3.12. The SMILES string of the molecule is CCNC(=NCCCOCC1CCOCC1)NCCn1cccn1. The first kappa shape index (κ1) is 18.7. The average molecular weight is 337 g/mol. The maximum atomic E-state index is 5.77. The zero-order valence-corrected chi connectivity index (χ0v) is 14.7. The molecule has 24 heavy (non-hydrogen) atoms. The Hall–Kier alpha value is -1.60. The highest BCUT2D eigenvalue weighted by Gasteiger charge is 2.13. The minimum absolute atomic E-state index is 0.670. The number of hydrogen-bond acceptors (Lipinski definition) is 4. The van der Waals surface area contributed by atoms with Gasteiger partial charge in [0.1, 0.15) is 0 Å². The molecule has 0 saturated carbocycles. The molecule has 0 unspecified atom stereocenters. The van der Waals surface area contributed by atoms with Crippen LogP contribution in [0.2, 0.25) is 0 Å². The molecular weight excluding hydrogens is 306 g/mol. The van der Waals surface area contributed by atoms with E-state index >= 15 is 0 Å². The van der Waals surface area contributed by atoms with Gasteiger partial charge in [-0.15, -0.1) is 0 Å². The summed E-state index contributed by atoms with van der Waals surface area (Å²) in [5.74, 6) is 1.53. The van der Waals surface area contributed by atoms with E-state index in [1.165, 1.54) is 0 Å². The quantitative estimate of drug-likeness (QED) is 0.382. The van der Waals surface area contributed by atoms with Gasteiger partial charge >= 0.3 is 0 Å². The van der Waals surface area contributed by atoms with Gasteiger partial charge in [-0.1, -0.05) is 0 Å². The van der Waals surface area contributed by atoms with E-state index in [2.05, 4.69) is 27.6 Å². The topological polar surface area (TPSA) is 72.7 Å². The molecule has 2 rings (SSSR count). The van der Waals surface area contributed by atoms with Crippen molar-refractivity contribution in [2.24, 2.45) is 10.9 Å². The van der Waals surface area contributed by atoms with Crippen LogP contribution in [0.4, 0.5) is 0 Å². The number of aliphatic imine (C=N–C) groups is 1. The fourth-order valence-corrected chi connectivity index (χ4v) is 2.58. The number of nitrogens with one attached hydrogen (secondary N) is 2. The van der Waals surface area contributed by atoms with Gasteiger partial charge in [0.15, 0.2) is 5.96 Å². The van der Waals surface area contributed by atoms with Gasteiger partial charge in [0.2, 0.25) is 0 Å². The summed E-state index contributed by atoms with van der Waals surface area (Å²) in [5, 5.41) is 10.8. The largest absolute Gasteiger partial charge is 0.381 e. The van der Waals surface area contributed by atoms with Crippen LogP contribution >= 0.6 is 0 Å². The smallest absolute Gasteiger partial charge is 0.191 e. The highest BCUT2D eigenvalue weighted by molar-refractivity contribution is 5.79. The number of guanidine groups is 1. The van der Waals surface area contributed by atoms with Crippen molar-refractivity contribution in [1.29, 1.82) is 0 Å². The Bertz CT molecular complexity index is 444. The molecule has 0 spiro atoms. The number of ether oxygens (including phenoxy) is 2. The van der Waals surface area contributed by atoms with Gasteiger partial charge in [0, 0.05) is 58.5 Å². The Morgan fingerprint density at radius 1 is 1.38 bits per heavy atom. The molecule has 1 aromatic rings. The zero-order valence-electron chi connectivity index (χ0n) is 14.7. The van der Waals surface area contributed by atoms with Crippen LogP contribution in [0, 0.1) is 5.92 Å². The Labute approximate surface area is 144 Å². The first-order chi connectivity index (χ1) is 11.9. The van der Waals surface area contributed by atoms with E-state index in [0.29, 0.717) is 5.92 Å². The van der Waals surface area contributed by atoms with Crippen molar-refractivity contribution in [1.82, 2.24) is 20.4 Å². The number of nitrogens with zero attached hydrogens (tertiary/aromatic N) is 3. The summed E-state index contributed by atoms with van der Waals surface area (Å²) in [5.41, 5.74) is 0. The Kier molecular flexibility index (Phi) is 9.26. The lowest BCUT2D eigenvalue weighted by atomic mass is 10.0. The molecule has 1 aliphatic rings. The van der Waals surface area contributed by atoms with E-state index in [4.69, 9.17) is 9.47 Å². The van der Waals surface area contributed by atoms with Gasteiger partial charge in [-0.05, 0) is 38.2 Å². The number of hydrogen-bond donors (Lipinski definition) is 2. The third-order valence-electron chi connectivity index (χ3n) is 3.95. The first-order valence-corrected chi connectivity index (χ1v) is 9.03. The van der Waals surface area contributed by atoms with Crippen molar-refractivity contribution in [2.75, 3.05) is 46.1 Å². The van der Waals surface area contributed by atoms with Gasteiger partial charge in [-0.2, -0.15) is 5.10 Å². The van der Waals surface area contributed by atoms with Crippen LogP contribution in [0.25, 0.3) is 0 Å². The summed E-state index contributed by atoms with van der Waals surface area (Å²) in [7, 11) is 0. The maximum absolute atomic E-state index is 5.77. The fraction of sp³-hybridized carbons (Fsp3) is 0.765. The summed E-state index contributed by atoms with van der Waals surface area (Å²) in [4.78, 5) is 4.58. The van der Waals surface area contributed by atoms with E-state index in [-0.39, 0.29) is 0 Å². The van der Waals surface area contributed by atoms with Gasteiger partial charge in [0.05, 0.1) is 6.54 Å². The summed E-state index contributed by atoms with van der Waals surface area (Å²) >= 11 is 0. The molecule has 1 aromatic heterocycles. The van der Waals surface area contributed by atoms with E-state index in [0.717, 1.165) is 77.8 Å². The Balaban J connectivity index is 1.54. The molecule has 0 aliphatic carbocycles. The molecule has 1 fully saturated rings. The summed E-state index contributed by atoms with van der Waals surface area (Å²) in [6.07, 6.45) is 6.95. The van der Waals surface area contributed by atoms with Crippen LogP contribution in [0.3, 0.4) is 0 Å². The fourth-order valence-electron chi connectivity index (χ4n) is 2.58. The van der Waals surface area contributed by atoms with Crippen molar-refractivity contribution >= 4 is 5.96 Å². The second-order valence-electron chi connectivity index (χ2n) is 5.94. The standard InChI is InChI=1S/C17H31N5O2/c1-2-18-17(20-9-11-22-10-3-8-21-22)19-7-4-12-24-15-16-5-13-23-14-6-16/h3,8,10,16H,2,4-7,9,11-15H2,1H3,(H2,18,19,20). The van der Waals surface area contributed by atoms with Crippen LogP contribution in [0.1, 0.15) is 26.2 Å². The Morgan fingerprint density at radius 3 is 3.00 bits per heavy atom. The van der Waals surface area contributed by atoms with Gasteiger partial charge in [-0.3, -0.25) is 9.67 Å². The van der Waals surface area contributed by atoms with Gasteiger partial charge < -0.3 is 20.1 Å². The Morgan fingerprint density at radius 2 is 2.25 bits per heavy atom. The molecule has 0 atom stereocenters. The molecule has 7 heteroatoms. The zero-order chi connectivity index (χ0) is 16.9. The lowest BCUT2D eigenvalue weighted by Crippen LogP contribution is -2.39. The highest BCUT2D eigenvalue weighted by atomic mass is 16.5. The molecule has 0 bridgehead atoms. The third kappa shape index (κ3) is 7.79. The van der Waals surface area contributed by atoms with E-state index in [1.54, 1.807) is 6.20 Å². The van der Waals surface area contributed by atoms with E-state index in [9.17, 15) is 0 Å². The first-order valence-electron chi connectivity index (χ1n) is 9.03. The second-order valence-corrected chi connectivity index (χ2v) is 5.94. The van der Waals surface area contributed by atoms with Crippen LogP contribution in [-0.2, 0) is 16.0 Å². The van der Waals surface area contributed by atoms with Gasteiger partial charge in [-0.25, -0.2) is 0 Å². The predicted octanol–water partition coefficient (Wildman–Crippen LogP) is 1.27. The molecule has 7 nitrogen and oxygen atoms in total. The van der Waals surface area contributed by atoms with Gasteiger partial charge in [0.25, 0.3) is 0 Å². The molecular formula is C17H31N5O2. The third-order valence-corrected chi connectivity index (χ3v) is 3.95. The molecule has 1 saturated heterocycles. The minimum atomic E-state index is 0.670. The summed E-state index contributed by atoms with van der Waals surface area (Å²) < 4.78 is 13.0. The molecule has 0 radical (unpaired) electrons.